The highest BCUT2D eigenvalue weighted by atomic mass is 16.5. The molecule has 17 heavy (non-hydrogen) atoms. The summed E-state index contributed by atoms with van der Waals surface area (Å²) in [5, 5.41) is 8.63. The molecule has 0 spiro atoms. The highest BCUT2D eigenvalue weighted by molar-refractivity contribution is 6.04. The van der Waals surface area contributed by atoms with Crippen molar-refractivity contribution in [3.05, 3.63) is 23.8 Å². The van der Waals surface area contributed by atoms with Crippen molar-refractivity contribution in [2.75, 3.05) is 19.1 Å². The lowest BCUT2D eigenvalue weighted by molar-refractivity contribution is -0.113. The molecule has 0 N–H and O–H groups in total. The van der Waals surface area contributed by atoms with Gasteiger partial charge in [-0.1, -0.05) is 19.9 Å². The van der Waals surface area contributed by atoms with Crippen molar-refractivity contribution in [2.24, 2.45) is 0 Å². The predicted molar refractivity (Wildman–Crippen MR) is 66.1 cm³/mol. The summed E-state index contributed by atoms with van der Waals surface area (Å²) in [5.74, 6) is 0.329. The van der Waals surface area contributed by atoms with Crippen molar-refractivity contribution in [1.82, 2.24) is 0 Å². The van der Waals surface area contributed by atoms with Crippen LogP contribution in [0.15, 0.2) is 18.2 Å². The van der Waals surface area contributed by atoms with E-state index in [9.17, 15) is 4.79 Å². The fraction of sp³-hybridized carbons (Fsp3) is 0.385. The number of anilines is 1. The van der Waals surface area contributed by atoms with Crippen LogP contribution >= 0.6 is 0 Å². The van der Waals surface area contributed by atoms with Crippen LogP contribution in [0.1, 0.15) is 25.3 Å². The average molecular weight is 232 g/mol. The second kappa shape index (κ2) is 5.35. The Kier molecular flexibility index (Phi) is 4.11. The van der Waals surface area contributed by atoms with Crippen LogP contribution in [0.5, 0.6) is 5.75 Å². The largest absolute Gasteiger partial charge is 0.495 e. The first-order valence-corrected chi connectivity index (χ1v) is 5.37. The summed E-state index contributed by atoms with van der Waals surface area (Å²) in [6.45, 7) is 4.13. The third-order valence-electron chi connectivity index (χ3n) is 2.63. The Bertz CT molecular complexity index is 461. The molecular formula is C13H16N2O2. The van der Waals surface area contributed by atoms with Gasteiger partial charge in [0, 0.05) is 7.05 Å². The maximum Gasteiger partial charge on any atom is 0.329 e. The number of benzene rings is 1. The summed E-state index contributed by atoms with van der Waals surface area (Å²) < 4.78 is 5.19. The molecule has 0 unspecified atom stereocenters. The number of methoxy groups -OCH3 is 1. The quantitative estimate of drug-likeness (QED) is 0.751. The fourth-order valence-electron chi connectivity index (χ4n) is 1.51. The van der Waals surface area contributed by atoms with Crippen LogP contribution in [0.2, 0.25) is 0 Å². The van der Waals surface area contributed by atoms with Crippen molar-refractivity contribution in [2.45, 2.75) is 19.8 Å². The minimum Gasteiger partial charge on any atom is -0.495 e. The van der Waals surface area contributed by atoms with E-state index >= 15 is 0 Å². The first-order valence-electron chi connectivity index (χ1n) is 5.37. The molecule has 0 atom stereocenters. The maximum absolute atomic E-state index is 11.4. The number of carbonyl (C=O) groups excluding carboxylic acids is 1. The Morgan fingerprint density at radius 3 is 2.59 bits per heavy atom. The summed E-state index contributed by atoms with van der Waals surface area (Å²) in [4.78, 5) is 12.7. The van der Waals surface area contributed by atoms with Crippen LogP contribution in [-0.2, 0) is 4.79 Å². The highest BCUT2D eigenvalue weighted by Crippen LogP contribution is 2.31. The molecule has 0 aliphatic heterocycles. The van der Waals surface area contributed by atoms with E-state index in [0.717, 1.165) is 5.56 Å². The number of nitriles is 1. The van der Waals surface area contributed by atoms with Crippen molar-refractivity contribution >= 4 is 11.6 Å². The Morgan fingerprint density at radius 1 is 1.47 bits per heavy atom. The van der Waals surface area contributed by atoms with Crippen molar-refractivity contribution < 1.29 is 9.53 Å². The van der Waals surface area contributed by atoms with E-state index < -0.39 is 5.91 Å². The van der Waals surface area contributed by atoms with Gasteiger partial charge in [0.2, 0.25) is 0 Å². The number of carbonyl (C=O) groups is 1. The third-order valence-corrected chi connectivity index (χ3v) is 2.63. The van der Waals surface area contributed by atoms with Crippen LogP contribution in [0.4, 0.5) is 5.69 Å². The molecule has 0 heterocycles. The van der Waals surface area contributed by atoms with Crippen molar-refractivity contribution in [3.8, 4) is 11.8 Å². The Balaban J connectivity index is 3.24. The number of nitrogens with zero attached hydrogens (tertiary/aromatic N) is 2. The van der Waals surface area contributed by atoms with Gasteiger partial charge >= 0.3 is 5.91 Å². The number of rotatable bonds is 3. The minimum absolute atomic E-state index is 0.352. The number of ether oxygens (including phenoxy) is 1. The van der Waals surface area contributed by atoms with Gasteiger partial charge in [0.25, 0.3) is 0 Å². The van der Waals surface area contributed by atoms with E-state index in [0.29, 0.717) is 17.4 Å². The molecule has 1 rings (SSSR count). The highest BCUT2D eigenvalue weighted by Gasteiger charge is 2.15. The second-order valence-electron chi connectivity index (χ2n) is 4.06. The molecule has 1 aromatic carbocycles. The molecule has 4 nitrogen and oxygen atoms in total. The van der Waals surface area contributed by atoms with Gasteiger partial charge in [-0.15, -0.1) is 0 Å². The van der Waals surface area contributed by atoms with Crippen LogP contribution in [-0.4, -0.2) is 20.1 Å². The van der Waals surface area contributed by atoms with Crippen LogP contribution < -0.4 is 9.64 Å². The fourth-order valence-corrected chi connectivity index (χ4v) is 1.51. The van der Waals surface area contributed by atoms with Gasteiger partial charge in [-0.2, -0.15) is 5.26 Å². The zero-order valence-electron chi connectivity index (χ0n) is 10.5. The predicted octanol–water partition coefficient (Wildman–Crippen LogP) is 2.30. The lowest BCUT2D eigenvalue weighted by Crippen LogP contribution is -2.25. The molecule has 0 fully saturated rings. The second-order valence-corrected chi connectivity index (χ2v) is 4.06. The minimum atomic E-state index is -0.607. The monoisotopic (exact) mass is 232 g/mol. The van der Waals surface area contributed by atoms with Crippen LogP contribution in [0, 0.1) is 11.3 Å². The summed E-state index contributed by atoms with van der Waals surface area (Å²) in [5.41, 5.74) is 1.71. The first kappa shape index (κ1) is 13.0. The van der Waals surface area contributed by atoms with E-state index in [1.807, 2.05) is 18.2 Å². The number of amides is 1. The van der Waals surface area contributed by atoms with Crippen LogP contribution in [0.3, 0.4) is 0 Å². The normalized spacial score (nSPS) is 9.88. The molecule has 0 saturated carbocycles. The summed E-state index contributed by atoms with van der Waals surface area (Å²) >= 11 is 0. The smallest absolute Gasteiger partial charge is 0.329 e. The maximum atomic E-state index is 11.4. The molecule has 0 aliphatic carbocycles. The van der Waals surface area contributed by atoms with Gasteiger partial charge in [-0.3, -0.25) is 9.69 Å². The number of hydrogen-bond acceptors (Lipinski definition) is 3. The average Bonchev–Trinajstić information content (AvgIpc) is 2.35. The standard InChI is InChI=1S/C13H16N2O2/c1-9(2)10-5-6-12(17-4)11(7-10)15(3)13(16)8-14/h5-7,9H,1-4H3. The van der Waals surface area contributed by atoms with E-state index in [2.05, 4.69) is 13.8 Å². The van der Waals surface area contributed by atoms with Gasteiger partial charge in [0.1, 0.15) is 5.75 Å². The van der Waals surface area contributed by atoms with Gasteiger partial charge in [-0.05, 0) is 23.6 Å². The lowest BCUT2D eigenvalue weighted by atomic mass is 10.0. The van der Waals surface area contributed by atoms with E-state index in [4.69, 9.17) is 10.00 Å². The van der Waals surface area contributed by atoms with E-state index in [1.54, 1.807) is 20.2 Å². The molecule has 0 aliphatic rings. The van der Waals surface area contributed by atoms with Gasteiger partial charge in [0.05, 0.1) is 12.8 Å². The van der Waals surface area contributed by atoms with Gasteiger partial charge in [-0.25, -0.2) is 0 Å². The molecule has 0 radical (unpaired) electrons. The molecular weight excluding hydrogens is 216 g/mol. The topological polar surface area (TPSA) is 53.3 Å². The SMILES string of the molecule is COc1ccc(C(C)C)cc1N(C)C(=O)C#N. The van der Waals surface area contributed by atoms with Gasteiger partial charge in [0.15, 0.2) is 6.07 Å². The Morgan fingerprint density at radius 2 is 2.12 bits per heavy atom. The molecule has 0 saturated heterocycles. The summed E-state index contributed by atoms with van der Waals surface area (Å²) in [6, 6.07) is 7.24. The van der Waals surface area contributed by atoms with Gasteiger partial charge < -0.3 is 4.74 Å². The van der Waals surface area contributed by atoms with E-state index in [1.165, 1.54) is 4.90 Å². The molecule has 90 valence electrons. The first-order chi connectivity index (χ1) is 8.01. The van der Waals surface area contributed by atoms with Crippen molar-refractivity contribution in [1.29, 1.82) is 5.26 Å². The zero-order valence-corrected chi connectivity index (χ0v) is 10.5. The Labute approximate surface area is 101 Å². The number of hydrogen-bond donors (Lipinski definition) is 0. The Hall–Kier alpha value is -2.02. The molecule has 0 aromatic heterocycles. The van der Waals surface area contributed by atoms with E-state index in [-0.39, 0.29) is 0 Å². The summed E-state index contributed by atoms with van der Waals surface area (Å²) in [7, 11) is 3.10. The molecule has 1 aromatic rings. The molecule has 0 bridgehead atoms. The lowest BCUT2D eigenvalue weighted by Gasteiger charge is -2.19. The van der Waals surface area contributed by atoms with Crippen LogP contribution in [0.25, 0.3) is 0 Å². The summed E-state index contributed by atoms with van der Waals surface area (Å²) in [6.07, 6.45) is 0. The zero-order chi connectivity index (χ0) is 13.0. The third kappa shape index (κ3) is 2.76. The molecule has 4 heteroatoms. The molecule has 1 amide bonds. The van der Waals surface area contributed by atoms with Crippen molar-refractivity contribution in [3.63, 3.8) is 0 Å².